The molecule has 9 heteroatoms. The fourth-order valence-electron chi connectivity index (χ4n) is 4.71. The molecule has 0 radical (unpaired) electrons. The van der Waals surface area contributed by atoms with Crippen LogP contribution >= 0.6 is 0 Å². The van der Waals surface area contributed by atoms with Crippen LogP contribution in [0, 0.1) is 13.8 Å². The molecule has 43 heavy (non-hydrogen) atoms. The summed E-state index contributed by atoms with van der Waals surface area (Å²) in [5, 5.41) is 6.47. The highest BCUT2D eigenvalue weighted by Gasteiger charge is 2.20. The fourth-order valence-corrected chi connectivity index (χ4v) is 5.66. The van der Waals surface area contributed by atoms with E-state index < -0.39 is 10.1 Å². The summed E-state index contributed by atoms with van der Waals surface area (Å²) in [7, 11) is -4.16. The minimum absolute atomic E-state index is 0.0248. The van der Waals surface area contributed by atoms with E-state index in [1.807, 2.05) is 68.4 Å². The molecule has 8 nitrogen and oxygen atoms in total. The van der Waals surface area contributed by atoms with Crippen molar-refractivity contribution in [1.29, 1.82) is 0 Å². The highest BCUT2D eigenvalue weighted by molar-refractivity contribution is 7.87. The number of rotatable bonds is 8. The molecule has 0 unspecified atom stereocenters. The largest absolute Gasteiger partial charge is 0.485 e. The Morgan fingerprint density at radius 1 is 0.791 bits per heavy atom. The van der Waals surface area contributed by atoms with Crippen LogP contribution < -0.4 is 14.5 Å². The topological polar surface area (TPSA) is 99.8 Å². The second-order valence-corrected chi connectivity index (χ2v) is 11.6. The Hall–Kier alpha value is -5.28. The number of hydrogen-bond donors (Lipinski definition) is 0. The number of para-hydroxylation sites is 2. The second kappa shape index (κ2) is 11.5. The minimum Gasteiger partial charge on any atom is -0.485 e. The van der Waals surface area contributed by atoms with Gasteiger partial charge >= 0.3 is 10.1 Å². The van der Waals surface area contributed by atoms with Crippen molar-refractivity contribution in [2.75, 3.05) is 0 Å². The molecule has 6 rings (SSSR count). The van der Waals surface area contributed by atoms with Gasteiger partial charge in [-0.15, -0.1) is 0 Å². The van der Waals surface area contributed by atoms with Gasteiger partial charge < -0.3 is 8.92 Å². The number of ether oxygens (including phenoxy) is 1. The van der Waals surface area contributed by atoms with Gasteiger partial charge in [-0.3, -0.25) is 4.79 Å². The van der Waals surface area contributed by atoms with Crippen molar-refractivity contribution >= 4 is 38.0 Å². The second-order valence-electron chi connectivity index (χ2n) is 10.0. The van der Waals surface area contributed by atoms with Gasteiger partial charge in [0.05, 0.1) is 17.1 Å². The predicted octanol–water partition coefficient (Wildman–Crippen LogP) is 6.40. The van der Waals surface area contributed by atoms with Gasteiger partial charge in [0, 0.05) is 5.56 Å². The first kappa shape index (κ1) is 27.9. The molecule has 0 atom stereocenters. The van der Waals surface area contributed by atoms with Gasteiger partial charge in [-0.2, -0.15) is 18.2 Å². The van der Waals surface area contributed by atoms with E-state index in [9.17, 15) is 13.2 Å². The first-order valence-corrected chi connectivity index (χ1v) is 15.0. The lowest BCUT2D eigenvalue weighted by atomic mass is 10.0. The van der Waals surface area contributed by atoms with Crippen LogP contribution in [0.3, 0.4) is 0 Å². The SMILES string of the molecule is Cc1ccc(S(=O)(=O)Oc2ccc3ccccc3c2C=Nn2c(COc3ccccc3C)nc3ccccc3c2=O)cc1. The first-order chi connectivity index (χ1) is 20.8. The molecule has 0 saturated carbocycles. The summed E-state index contributed by atoms with van der Waals surface area (Å²) in [4.78, 5) is 18.4. The average Bonchev–Trinajstić information content (AvgIpc) is 3.01. The van der Waals surface area contributed by atoms with Crippen LogP contribution in [0.25, 0.3) is 21.7 Å². The van der Waals surface area contributed by atoms with Gasteiger partial charge in [0.15, 0.2) is 11.6 Å². The number of fused-ring (bicyclic) bond motifs is 2. The summed E-state index contributed by atoms with van der Waals surface area (Å²) in [6.07, 6.45) is 1.43. The molecule has 0 aliphatic carbocycles. The molecule has 0 fully saturated rings. The maximum Gasteiger partial charge on any atom is 0.339 e. The van der Waals surface area contributed by atoms with Gasteiger partial charge in [-0.05, 0) is 66.6 Å². The number of hydrogen-bond acceptors (Lipinski definition) is 7. The number of nitrogens with zero attached hydrogens (tertiary/aromatic N) is 3. The van der Waals surface area contributed by atoms with Crippen LogP contribution in [0.1, 0.15) is 22.5 Å². The standard InChI is InChI=1S/C34H27N3O5S/c1-23-15-18-26(19-16-23)43(39,40)42-32-20-17-25-10-4-5-11-27(25)29(32)21-35-37-33(22-41-31-14-8-3-9-24(31)2)36-30-13-7-6-12-28(30)34(37)38/h3-21H,22H2,1-2H3. The van der Waals surface area contributed by atoms with Crippen LogP contribution in [0.4, 0.5) is 0 Å². The molecular formula is C34H27N3O5S. The zero-order chi connectivity index (χ0) is 30.0. The van der Waals surface area contributed by atoms with Crippen LogP contribution in [0.2, 0.25) is 0 Å². The van der Waals surface area contributed by atoms with E-state index in [0.29, 0.717) is 27.6 Å². The van der Waals surface area contributed by atoms with E-state index >= 15 is 0 Å². The lowest BCUT2D eigenvalue weighted by molar-refractivity contribution is 0.287. The Kier molecular flexibility index (Phi) is 7.48. The molecule has 6 aromatic rings. The highest BCUT2D eigenvalue weighted by Crippen LogP contribution is 2.29. The molecule has 5 aromatic carbocycles. The van der Waals surface area contributed by atoms with Gasteiger partial charge in [0.1, 0.15) is 17.3 Å². The molecule has 0 aliphatic heterocycles. The molecule has 0 aliphatic rings. The minimum atomic E-state index is -4.16. The number of benzene rings is 5. The van der Waals surface area contributed by atoms with E-state index in [4.69, 9.17) is 8.92 Å². The molecule has 1 aromatic heterocycles. The first-order valence-electron chi connectivity index (χ1n) is 13.6. The Balaban J connectivity index is 1.46. The lowest BCUT2D eigenvalue weighted by Crippen LogP contribution is -2.23. The van der Waals surface area contributed by atoms with Crippen molar-refractivity contribution < 1.29 is 17.3 Å². The summed E-state index contributed by atoms with van der Waals surface area (Å²) in [5.41, 5.74) is 2.38. The third kappa shape index (κ3) is 5.75. The van der Waals surface area contributed by atoms with Crippen molar-refractivity contribution in [3.05, 3.63) is 142 Å². The van der Waals surface area contributed by atoms with Crippen LogP contribution in [-0.4, -0.2) is 24.3 Å². The van der Waals surface area contributed by atoms with Crippen molar-refractivity contribution in [3.63, 3.8) is 0 Å². The summed E-state index contributed by atoms with van der Waals surface area (Å²) >= 11 is 0. The van der Waals surface area contributed by atoms with Gasteiger partial charge in [0.2, 0.25) is 0 Å². The van der Waals surface area contributed by atoms with E-state index in [0.717, 1.165) is 16.5 Å². The third-order valence-corrected chi connectivity index (χ3v) is 8.26. The zero-order valence-electron chi connectivity index (χ0n) is 23.5. The number of aromatic nitrogens is 2. The quantitative estimate of drug-likeness (QED) is 0.151. The zero-order valence-corrected chi connectivity index (χ0v) is 24.3. The maximum absolute atomic E-state index is 13.7. The fraction of sp³-hybridized carbons (Fsp3) is 0.0882. The van der Waals surface area contributed by atoms with E-state index in [1.54, 1.807) is 42.5 Å². The van der Waals surface area contributed by atoms with Gasteiger partial charge in [0.25, 0.3) is 5.56 Å². The lowest BCUT2D eigenvalue weighted by Gasteiger charge is -2.13. The summed E-state index contributed by atoms with van der Waals surface area (Å²) in [6.45, 7) is 3.78. The normalized spacial score (nSPS) is 11.8. The Bertz CT molecular complexity index is 2170. The number of aryl methyl sites for hydroxylation is 2. The highest BCUT2D eigenvalue weighted by atomic mass is 32.2. The van der Waals surface area contributed by atoms with Gasteiger partial charge in [-0.25, -0.2) is 4.98 Å². The molecule has 0 spiro atoms. The van der Waals surface area contributed by atoms with E-state index in [1.165, 1.54) is 23.0 Å². The smallest absolute Gasteiger partial charge is 0.339 e. The Morgan fingerprint density at radius 2 is 1.49 bits per heavy atom. The van der Waals surface area contributed by atoms with Crippen LogP contribution in [-0.2, 0) is 16.7 Å². The molecule has 0 amide bonds. The molecule has 214 valence electrons. The third-order valence-electron chi connectivity index (χ3n) is 7.01. The molecule has 0 bridgehead atoms. The summed E-state index contributed by atoms with van der Waals surface area (Å²) in [5.74, 6) is 1.01. The van der Waals surface area contributed by atoms with Gasteiger partial charge in [-0.1, -0.05) is 78.4 Å². The molecule has 0 N–H and O–H groups in total. The van der Waals surface area contributed by atoms with Crippen LogP contribution in [0.15, 0.2) is 124 Å². The Labute approximate surface area is 248 Å². The van der Waals surface area contributed by atoms with Crippen molar-refractivity contribution in [1.82, 2.24) is 9.66 Å². The van der Waals surface area contributed by atoms with Crippen LogP contribution in [0.5, 0.6) is 11.5 Å². The molecule has 0 saturated heterocycles. The average molecular weight is 590 g/mol. The summed E-state index contributed by atoms with van der Waals surface area (Å²) in [6, 6.07) is 31.8. The summed E-state index contributed by atoms with van der Waals surface area (Å²) < 4.78 is 39.3. The molecule has 1 heterocycles. The van der Waals surface area contributed by atoms with Crippen molar-refractivity contribution in [3.8, 4) is 11.5 Å². The van der Waals surface area contributed by atoms with E-state index in [2.05, 4.69) is 10.1 Å². The maximum atomic E-state index is 13.7. The molecular weight excluding hydrogens is 562 g/mol. The predicted molar refractivity (Wildman–Crippen MR) is 167 cm³/mol. The van der Waals surface area contributed by atoms with Crippen molar-refractivity contribution in [2.24, 2.45) is 5.10 Å². The van der Waals surface area contributed by atoms with E-state index in [-0.39, 0.29) is 28.6 Å². The monoisotopic (exact) mass is 589 g/mol. The van der Waals surface area contributed by atoms with Crippen molar-refractivity contribution in [2.45, 2.75) is 25.3 Å². The Morgan fingerprint density at radius 3 is 2.28 bits per heavy atom.